The molecular formula is C10H7N3O2. The number of nitrogens with zero attached hydrogens (tertiary/aromatic N) is 2. The lowest BCUT2D eigenvalue weighted by atomic mass is 10.1. The first kappa shape index (κ1) is 10.6. The van der Waals surface area contributed by atoms with E-state index in [1.54, 1.807) is 12.1 Å². The topological polar surface area (TPSA) is 93.8 Å². The molecule has 2 amide bonds. The van der Waals surface area contributed by atoms with Crippen molar-refractivity contribution in [2.75, 3.05) is 0 Å². The van der Waals surface area contributed by atoms with Gasteiger partial charge in [0.15, 0.2) is 0 Å². The first-order valence-corrected chi connectivity index (χ1v) is 4.10. The Balaban J connectivity index is 0.000000531. The summed E-state index contributed by atoms with van der Waals surface area (Å²) < 4.78 is 0. The van der Waals surface area contributed by atoms with Crippen LogP contribution in [-0.4, -0.2) is 11.8 Å². The van der Waals surface area contributed by atoms with Crippen LogP contribution in [0.4, 0.5) is 0 Å². The highest BCUT2D eigenvalue weighted by Gasteiger charge is 2.21. The van der Waals surface area contributed by atoms with Gasteiger partial charge in [0, 0.05) is 16.9 Å². The van der Waals surface area contributed by atoms with Gasteiger partial charge in [0.1, 0.15) is 0 Å². The van der Waals surface area contributed by atoms with Gasteiger partial charge >= 0.3 is 0 Å². The van der Waals surface area contributed by atoms with Crippen molar-refractivity contribution in [1.29, 1.82) is 10.8 Å². The molecule has 0 aliphatic carbocycles. The summed E-state index contributed by atoms with van der Waals surface area (Å²) in [5, 5.41) is 14.2. The number of carbonyl (C=O) groups excluding carboxylic acids is 2. The van der Waals surface area contributed by atoms with Crippen LogP contribution in [0.1, 0.15) is 5.56 Å². The van der Waals surface area contributed by atoms with Gasteiger partial charge in [0.25, 0.3) is 11.8 Å². The quantitative estimate of drug-likeness (QED) is 0.536. The zero-order chi connectivity index (χ0) is 11.3. The lowest BCUT2D eigenvalue weighted by molar-refractivity contribution is -0.123. The number of hydrogen-bond acceptors (Lipinski definition) is 4. The monoisotopic (exact) mass is 201 g/mol. The highest BCUT2D eigenvalue weighted by atomic mass is 16.2. The van der Waals surface area contributed by atoms with E-state index >= 15 is 0 Å². The van der Waals surface area contributed by atoms with Gasteiger partial charge in [-0.3, -0.25) is 14.9 Å². The Hall–Kier alpha value is -2.48. The average Bonchev–Trinajstić information content (AvgIpc) is 2.62. The van der Waals surface area contributed by atoms with E-state index < -0.39 is 0 Å². The van der Waals surface area contributed by atoms with Gasteiger partial charge in [-0.1, -0.05) is 30.3 Å². The number of rotatable bonds is 1. The van der Waals surface area contributed by atoms with Crippen molar-refractivity contribution in [2.45, 2.75) is 0 Å². The molecule has 1 N–H and O–H groups in total. The fourth-order valence-electron chi connectivity index (χ4n) is 1.24. The highest BCUT2D eigenvalue weighted by Crippen LogP contribution is 2.16. The SMILES string of the molecule is N#N.O=C1C=C(c2ccccc2)C(=O)N1. The van der Waals surface area contributed by atoms with Gasteiger partial charge in [0.05, 0.1) is 5.57 Å². The Morgan fingerprint density at radius 3 is 2.07 bits per heavy atom. The van der Waals surface area contributed by atoms with Crippen molar-refractivity contribution in [3.63, 3.8) is 0 Å². The fourth-order valence-corrected chi connectivity index (χ4v) is 1.24. The van der Waals surface area contributed by atoms with Crippen molar-refractivity contribution in [2.24, 2.45) is 0 Å². The molecule has 0 radical (unpaired) electrons. The maximum Gasteiger partial charge on any atom is 0.258 e. The van der Waals surface area contributed by atoms with Crippen LogP contribution in [0.15, 0.2) is 36.4 Å². The molecule has 0 aromatic heterocycles. The molecule has 1 heterocycles. The van der Waals surface area contributed by atoms with Crippen LogP contribution in [0.5, 0.6) is 0 Å². The summed E-state index contributed by atoms with van der Waals surface area (Å²) >= 11 is 0. The minimum atomic E-state index is -0.344. The summed E-state index contributed by atoms with van der Waals surface area (Å²) in [6, 6.07) is 9.10. The molecule has 1 aliphatic rings. The molecule has 0 fully saturated rings. The van der Waals surface area contributed by atoms with Crippen LogP contribution in [0.3, 0.4) is 0 Å². The molecule has 0 unspecified atom stereocenters. The summed E-state index contributed by atoms with van der Waals surface area (Å²) in [5.41, 5.74) is 1.21. The second-order valence-corrected chi connectivity index (χ2v) is 2.74. The van der Waals surface area contributed by atoms with Gasteiger partial charge in [-0.25, -0.2) is 0 Å². The third-order valence-corrected chi connectivity index (χ3v) is 1.84. The molecule has 0 atom stereocenters. The van der Waals surface area contributed by atoms with E-state index in [0.717, 1.165) is 5.56 Å². The summed E-state index contributed by atoms with van der Waals surface area (Å²) in [5.74, 6) is -0.667. The molecule has 0 bridgehead atoms. The van der Waals surface area contributed by atoms with E-state index in [0.29, 0.717) is 5.57 Å². The normalized spacial score (nSPS) is 13.6. The third kappa shape index (κ3) is 2.25. The summed E-state index contributed by atoms with van der Waals surface area (Å²) in [4.78, 5) is 22.0. The van der Waals surface area contributed by atoms with Crippen LogP contribution in [0.25, 0.3) is 5.57 Å². The van der Waals surface area contributed by atoms with Gasteiger partial charge in [0.2, 0.25) is 0 Å². The van der Waals surface area contributed by atoms with Crippen LogP contribution < -0.4 is 5.32 Å². The molecule has 74 valence electrons. The zero-order valence-electron chi connectivity index (χ0n) is 7.68. The number of carbonyl (C=O) groups is 2. The molecule has 2 rings (SSSR count). The second-order valence-electron chi connectivity index (χ2n) is 2.74. The van der Waals surface area contributed by atoms with Gasteiger partial charge < -0.3 is 0 Å². The Labute approximate surface area is 85.8 Å². The van der Waals surface area contributed by atoms with E-state index in [1.807, 2.05) is 18.2 Å². The first-order valence-electron chi connectivity index (χ1n) is 4.10. The van der Waals surface area contributed by atoms with Gasteiger partial charge in [-0.2, -0.15) is 0 Å². The minimum Gasteiger partial charge on any atom is -0.289 e. The predicted octanol–water partition coefficient (Wildman–Crippen LogP) is 0.757. The number of amides is 2. The molecule has 5 nitrogen and oxygen atoms in total. The predicted molar refractivity (Wildman–Crippen MR) is 51.0 cm³/mol. The molecule has 1 aliphatic heterocycles. The van der Waals surface area contributed by atoms with Crippen LogP contribution in [0, 0.1) is 10.8 Å². The van der Waals surface area contributed by atoms with Gasteiger partial charge in [-0.15, -0.1) is 0 Å². The zero-order valence-corrected chi connectivity index (χ0v) is 7.68. The van der Waals surface area contributed by atoms with E-state index in [2.05, 4.69) is 5.32 Å². The van der Waals surface area contributed by atoms with Crippen molar-refractivity contribution in [3.8, 4) is 0 Å². The lowest BCUT2D eigenvalue weighted by Gasteiger charge is -1.97. The minimum absolute atomic E-state index is 0.323. The van der Waals surface area contributed by atoms with E-state index in [4.69, 9.17) is 10.8 Å². The Morgan fingerprint density at radius 1 is 1.00 bits per heavy atom. The number of nitrogens with one attached hydrogen (secondary N) is 1. The fraction of sp³-hybridized carbons (Fsp3) is 0. The van der Waals surface area contributed by atoms with E-state index in [-0.39, 0.29) is 11.8 Å². The summed E-state index contributed by atoms with van der Waals surface area (Å²) in [7, 11) is 0. The van der Waals surface area contributed by atoms with E-state index in [1.165, 1.54) is 6.08 Å². The first-order chi connectivity index (χ1) is 7.27. The molecular weight excluding hydrogens is 194 g/mol. The highest BCUT2D eigenvalue weighted by molar-refractivity contribution is 6.33. The Morgan fingerprint density at radius 2 is 1.60 bits per heavy atom. The molecule has 1 aromatic carbocycles. The maximum absolute atomic E-state index is 11.2. The largest absolute Gasteiger partial charge is 0.289 e. The molecule has 5 heteroatoms. The standard InChI is InChI=1S/C10H7NO2.N2/c12-9-6-8(10(13)11-9)7-4-2-1-3-5-7;1-2/h1-6H,(H,11,12,13);. The number of hydrogen-bond donors (Lipinski definition) is 1. The number of benzene rings is 1. The van der Waals surface area contributed by atoms with Crippen molar-refractivity contribution in [1.82, 2.24) is 5.32 Å². The maximum atomic E-state index is 11.2. The summed E-state index contributed by atoms with van der Waals surface area (Å²) in [6.07, 6.45) is 1.32. The molecule has 0 spiro atoms. The Bertz CT molecular complexity index is 434. The van der Waals surface area contributed by atoms with Crippen molar-refractivity contribution in [3.05, 3.63) is 42.0 Å². The van der Waals surface area contributed by atoms with Crippen molar-refractivity contribution >= 4 is 17.4 Å². The van der Waals surface area contributed by atoms with Crippen LogP contribution in [0.2, 0.25) is 0 Å². The Kier molecular flexibility index (Phi) is 3.30. The smallest absolute Gasteiger partial charge is 0.258 e. The molecule has 0 saturated heterocycles. The third-order valence-electron chi connectivity index (χ3n) is 1.84. The summed E-state index contributed by atoms with van der Waals surface area (Å²) in [6.45, 7) is 0. The lowest BCUT2D eigenvalue weighted by Crippen LogP contribution is -2.21. The molecule has 15 heavy (non-hydrogen) atoms. The van der Waals surface area contributed by atoms with E-state index in [9.17, 15) is 9.59 Å². The molecule has 1 aromatic rings. The molecule has 0 saturated carbocycles. The van der Waals surface area contributed by atoms with Crippen molar-refractivity contribution < 1.29 is 9.59 Å². The number of imide groups is 1. The van der Waals surface area contributed by atoms with Gasteiger partial charge in [-0.05, 0) is 5.56 Å². The second kappa shape index (κ2) is 4.67. The van der Waals surface area contributed by atoms with Crippen LogP contribution >= 0.6 is 0 Å². The van der Waals surface area contributed by atoms with Crippen LogP contribution in [-0.2, 0) is 9.59 Å². The average molecular weight is 201 g/mol.